The van der Waals surface area contributed by atoms with Crippen molar-refractivity contribution in [3.05, 3.63) is 119 Å². The molecule has 0 aromatic heterocycles. The van der Waals surface area contributed by atoms with Crippen LogP contribution in [0.4, 0.5) is 0 Å². The van der Waals surface area contributed by atoms with Crippen molar-refractivity contribution in [2.24, 2.45) is 35.5 Å². The minimum atomic E-state index is 0.356. The molecule has 12 rings (SSSR count). The summed E-state index contributed by atoms with van der Waals surface area (Å²) in [6, 6.07) is 38.8. The number of ether oxygens (including phenoxy) is 6. The molecule has 2 heterocycles. The first kappa shape index (κ1) is 110. The largest absolute Gasteiger partial charge is 0.454 e. The molecule has 0 amide bonds. The van der Waals surface area contributed by atoms with E-state index in [1.54, 1.807) is 14.2 Å². The molecular formula is C100H186N6O6. The van der Waals surface area contributed by atoms with Crippen molar-refractivity contribution in [2.45, 2.75) is 382 Å². The summed E-state index contributed by atoms with van der Waals surface area (Å²) in [5, 5.41) is 0. The van der Waals surface area contributed by atoms with Gasteiger partial charge in [0.25, 0.3) is 0 Å². The van der Waals surface area contributed by atoms with E-state index in [0.29, 0.717) is 13.6 Å². The highest BCUT2D eigenvalue weighted by molar-refractivity contribution is 5.45. The number of methoxy groups -OCH3 is 2. The Morgan fingerprint density at radius 2 is 0.446 bits per heavy atom. The van der Waals surface area contributed by atoms with Crippen molar-refractivity contribution >= 4 is 0 Å². The second kappa shape index (κ2) is 70.9. The number of hydrogen-bond donors (Lipinski definition) is 0. The van der Waals surface area contributed by atoms with Gasteiger partial charge in [0, 0.05) is 76.6 Å². The van der Waals surface area contributed by atoms with Gasteiger partial charge in [-0.05, 0) is 278 Å². The lowest BCUT2D eigenvalue weighted by Gasteiger charge is -2.33. The van der Waals surface area contributed by atoms with Gasteiger partial charge in [-0.2, -0.15) is 0 Å². The summed E-state index contributed by atoms with van der Waals surface area (Å²) < 4.78 is 31.8. The molecule has 6 fully saturated rings. The zero-order valence-corrected chi connectivity index (χ0v) is 79.3. The van der Waals surface area contributed by atoms with Crippen LogP contribution in [0.2, 0.25) is 0 Å². The highest BCUT2D eigenvalue weighted by Crippen LogP contribution is 2.37. The van der Waals surface area contributed by atoms with E-state index in [0.717, 1.165) is 134 Å². The van der Waals surface area contributed by atoms with Gasteiger partial charge >= 0.3 is 0 Å². The molecule has 0 saturated heterocycles. The fourth-order valence-electron chi connectivity index (χ4n) is 15.6. The third kappa shape index (κ3) is 47.8. The monoisotopic (exact) mass is 1570 g/mol. The molecule has 12 nitrogen and oxygen atoms in total. The first-order chi connectivity index (χ1) is 54.2. The first-order valence-corrected chi connectivity index (χ1v) is 46.3. The van der Waals surface area contributed by atoms with Gasteiger partial charge in [0.2, 0.25) is 13.6 Å². The van der Waals surface area contributed by atoms with E-state index < -0.39 is 0 Å². The molecule has 112 heavy (non-hydrogen) atoms. The number of hydrogen-bond acceptors (Lipinski definition) is 12. The Labute approximate surface area is 697 Å². The van der Waals surface area contributed by atoms with E-state index in [4.69, 9.17) is 28.4 Å². The Hall–Kier alpha value is -4.24. The average Bonchev–Trinajstić information content (AvgIpc) is 1.66. The Kier molecular flexibility index (Phi) is 69.5. The van der Waals surface area contributed by atoms with Gasteiger partial charge < -0.3 is 28.4 Å². The Bertz CT molecular complexity index is 2460. The normalized spacial score (nSPS) is 23.5. The fourth-order valence-corrected chi connectivity index (χ4v) is 15.6. The molecule has 6 saturated carbocycles. The SMILES string of the molecule is CC.CC.CC.CC.CC.CC.CC1CCC(N(C)Cc2ccc3c(c2)OCO3)CC1.CC1CCC(N(C)Cc2ccc3c(c2)OCO3)CC1.CC1CCC(N(C)Cc2ccccc2)CC1.CC1CCC(N(C)Cc2ccccc2)CC1.CCC.CCC.COCN(C)C1CCC(C)CC1.COCN(C)C1CCC(C)CC1. The first-order valence-electron chi connectivity index (χ1n) is 46.3. The van der Waals surface area contributed by atoms with Gasteiger partial charge in [-0.15, -0.1) is 0 Å². The molecule has 4 aromatic rings. The number of benzene rings is 4. The summed E-state index contributed by atoms with van der Waals surface area (Å²) in [5.41, 5.74) is 5.49. The van der Waals surface area contributed by atoms with Gasteiger partial charge in [-0.3, -0.25) is 29.4 Å². The summed E-state index contributed by atoms with van der Waals surface area (Å²) in [4.78, 5) is 14.7. The van der Waals surface area contributed by atoms with Crippen LogP contribution in [0.3, 0.4) is 0 Å². The van der Waals surface area contributed by atoms with Crippen LogP contribution in [0.5, 0.6) is 23.0 Å². The van der Waals surface area contributed by atoms with Crippen LogP contribution in [-0.4, -0.2) is 149 Å². The standard InChI is InChI=1S/2C16H23NO2.2C15H23N.2C10H21NO.2C3H8.6C2H6/c2*1-12-3-6-14(7-4-12)17(2)10-13-5-8-15-16(9-13)19-11-18-15;2*1-13-8-10-15(11-9-13)16(2)12-14-6-4-3-5-7-14;2*1-9-4-6-10(7-5-9)11(2)8-12-3;2*1-3-2;6*1-2/h2*5,8-9,12,14H,3-4,6-7,10-11H2,1-2H3;2*3-7,13,15H,8-12H2,1-2H3;2*9-10H,4-8H2,1-3H3;2*3H2,1-2H3;6*1-2H3. The third-order valence-electron chi connectivity index (χ3n) is 22.6. The van der Waals surface area contributed by atoms with Crippen molar-refractivity contribution in [3.8, 4) is 23.0 Å². The van der Waals surface area contributed by atoms with Crippen molar-refractivity contribution in [1.82, 2.24) is 29.4 Å². The average molecular weight is 1570 g/mol. The molecule has 0 bridgehead atoms. The number of nitrogens with zero attached hydrogens (tertiary/aromatic N) is 6. The maximum Gasteiger partial charge on any atom is 0.231 e. The Morgan fingerprint density at radius 1 is 0.259 bits per heavy atom. The predicted octanol–water partition coefficient (Wildman–Crippen LogP) is 27.4. The lowest BCUT2D eigenvalue weighted by atomic mass is 9.86. The summed E-state index contributed by atoms with van der Waals surface area (Å²) in [6.07, 6.45) is 35.4. The minimum absolute atomic E-state index is 0.356. The fraction of sp³-hybridized carbons (Fsp3) is 0.760. The van der Waals surface area contributed by atoms with Gasteiger partial charge in [0.05, 0.1) is 13.5 Å². The van der Waals surface area contributed by atoms with Crippen LogP contribution in [0.1, 0.15) is 342 Å². The van der Waals surface area contributed by atoms with Gasteiger partial charge in [-0.25, -0.2) is 0 Å². The van der Waals surface area contributed by atoms with Gasteiger partial charge in [0.15, 0.2) is 23.0 Å². The van der Waals surface area contributed by atoms with Gasteiger partial charge in [-0.1, -0.05) is 238 Å². The van der Waals surface area contributed by atoms with E-state index in [9.17, 15) is 0 Å². The highest BCUT2D eigenvalue weighted by atomic mass is 16.7. The van der Waals surface area contributed by atoms with Crippen LogP contribution in [-0.2, 0) is 35.7 Å². The van der Waals surface area contributed by atoms with Crippen molar-refractivity contribution in [1.29, 1.82) is 0 Å². The van der Waals surface area contributed by atoms with Crippen LogP contribution in [0.25, 0.3) is 0 Å². The Morgan fingerprint density at radius 3 is 0.652 bits per heavy atom. The predicted molar refractivity (Wildman–Crippen MR) is 492 cm³/mol. The molecule has 0 atom stereocenters. The van der Waals surface area contributed by atoms with E-state index in [1.807, 2.05) is 95.2 Å². The molecule has 0 unspecified atom stereocenters. The quantitative estimate of drug-likeness (QED) is 0.0891. The van der Waals surface area contributed by atoms with Crippen molar-refractivity contribution in [3.63, 3.8) is 0 Å². The second-order valence-electron chi connectivity index (χ2n) is 32.3. The molecule has 4 aromatic carbocycles. The van der Waals surface area contributed by atoms with Gasteiger partial charge in [0.1, 0.15) is 0 Å². The molecule has 0 N–H and O–H groups in total. The van der Waals surface area contributed by atoms with Crippen LogP contribution >= 0.6 is 0 Å². The topological polar surface area (TPSA) is 74.8 Å². The summed E-state index contributed by atoms with van der Waals surface area (Å²) in [5.74, 6) is 9.13. The molecule has 8 aliphatic rings. The lowest BCUT2D eigenvalue weighted by molar-refractivity contribution is 0.0365. The summed E-state index contributed by atoms with van der Waals surface area (Å²) in [6.45, 7) is 53.2. The zero-order chi connectivity index (χ0) is 84.6. The van der Waals surface area contributed by atoms with Crippen LogP contribution in [0, 0.1) is 35.5 Å². The smallest absolute Gasteiger partial charge is 0.231 e. The van der Waals surface area contributed by atoms with E-state index in [2.05, 4.69) is 226 Å². The molecular weight excluding hydrogens is 1380 g/mol. The van der Waals surface area contributed by atoms with Crippen molar-refractivity contribution < 1.29 is 28.4 Å². The maximum atomic E-state index is 5.44. The number of rotatable bonds is 18. The molecule has 12 heteroatoms. The van der Waals surface area contributed by atoms with E-state index in [-0.39, 0.29) is 0 Å². The molecule has 0 spiro atoms. The van der Waals surface area contributed by atoms with E-state index in [1.165, 1.54) is 189 Å². The number of fused-ring (bicyclic) bond motifs is 2. The maximum absolute atomic E-state index is 5.44. The highest BCUT2D eigenvalue weighted by Gasteiger charge is 2.28. The summed E-state index contributed by atoms with van der Waals surface area (Å²) in [7, 11) is 16.9. The second-order valence-corrected chi connectivity index (χ2v) is 32.3. The Balaban J connectivity index is 0. The van der Waals surface area contributed by atoms with Crippen molar-refractivity contribution in [2.75, 3.05) is 83.6 Å². The molecule has 652 valence electrons. The lowest BCUT2D eigenvalue weighted by Crippen LogP contribution is -2.35. The van der Waals surface area contributed by atoms with E-state index >= 15 is 0 Å². The van der Waals surface area contributed by atoms with Crippen LogP contribution < -0.4 is 18.9 Å². The molecule has 2 aliphatic heterocycles. The molecule has 6 aliphatic carbocycles. The zero-order valence-electron chi connectivity index (χ0n) is 79.3. The molecule has 0 radical (unpaired) electrons. The third-order valence-corrected chi connectivity index (χ3v) is 22.6. The summed E-state index contributed by atoms with van der Waals surface area (Å²) >= 11 is 0. The minimum Gasteiger partial charge on any atom is -0.454 e. The van der Waals surface area contributed by atoms with Crippen LogP contribution in [0.15, 0.2) is 97.1 Å².